The number of allylic oxidation sites excluding steroid dienone is 1. The van der Waals surface area contributed by atoms with E-state index < -0.39 is 19.2 Å². The molecule has 0 aliphatic heterocycles. The van der Waals surface area contributed by atoms with Gasteiger partial charge in [0.25, 0.3) is 0 Å². The van der Waals surface area contributed by atoms with E-state index in [2.05, 4.69) is 65.2 Å². The molecule has 0 saturated heterocycles. The van der Waals surface area contributed by atoms with Gasteiger partial charge in [0.2, 0.25) is 0 Å². The van der Waals surface area contributed by atoms with Gasteiger partial charge in [0.1, 0.15) is 0 Å². The van der Waals surface area contributed by atoms with Crippen LogP contribution in [-0.4, -0.2) is 70.8 Å². The second-order valence-electron chi connectivity index (χ2n) is 4.10. The average Bonchev–Trinajstić information content (AvgIpc) is 1.82. The zero-order chi connectivity index (χ0) is 10.8. The Morgan fingerprint density at radius 3 is 1.08 bits per heavy atom. The van der Waals surface area contributed by atoms with Gasteiger partial charge in [-0.3, -0.25) is 0 Å². The minimum absolute atomic E-state index is 1.33. The fourth-order valence-electron chi connectivity index (χ4n) is 2.35. The molecule has 4 heteroatoms. The molecule has 0 saturated carbocycles. The fourth-order valence-corrected chi connectivity index (χ4v) is 15.7. The topological polar surface area (TPSA) is 9.72 Å². The molecule has 0 fully saturated rings. The number of nitrogens with zero attached hydrogens (tertiary/aromatic N) is 3. The van der Waals surface area contributed by atoms with Gasteiger partial charge in [-0.25, -0.2) is 0 Å². The van der Waals surface area contributed by atoms with E-state index in [-0.39, 0.29) is 0 Å². The predicted octanol–water partition coefficient (Wildman–Crippen LogP) is 0.725. The van der Waals surface area contributed by atoms with Crippen molar-refractivity contribution in [3.8, 4) is 0 Å². The molecule has 0 aromatic carbocycles. The summed E-state index contributed by atoms with van der Waals surface area (Å²) in [6.45, 7) is 6.31. The van der Waals surface area contributed by atoms with E-state index in [1.54, 1.807) is 0 Å². The van der Waals surface area contributed by atoms with Gasteiger partial charge in [0.05, 0.1) is 0 Å². The van der Waals surface area contributed by atoms with Crippen LogP contribution in [0.5, 0.6) is 0 Å². The molecule has 0 aliphatic rings. The van der Waals surface area contributed by atoms with Crippen molar-refractivity contribution in [1.82, 2.24) is 9.36 Å². The van der Waals surface area contributed by atoms with Crippen LogP contribution in [-0.2, 0) is 0 Å². The Morgan fingerprint density at radius 1 is 0.846 bits per heavy atom. The quantitative estimate of drug-likeness (QED) is 0.707. The molecule has 0 rings (SSSR count). The first kappa shape index (κ1) is 13.4. The molecule has 0 radical (unpaired) electrons. The van der Waals surface area contributed by atoms with E-state index in [0.29, 0.717) is 0 Å². The van der Waals surface area contributed by atoms with Crippen molar-refractivity contribution in [2.75, 3.05) is 42.3 Å². The van der Waals surface area contributed by atoms with Crippen molar-refractivity contribution in [1.29, 1.82) is 0 Å². The van der Waals surface area contributed by atoms with Crippen molar-refractivity contribution in [2.24, 2.45) is 0 Å². The third-order valence-electron chi connectivity index (χ3n) is 2.44. The van der Waals surface area contributed by atoms with E-state index in [4.69, 9.17) is 0 Å². The van der Waals surface area contributed by atoms with Crippen molar-refractivity contribution in [2.45, 2.75) is 6.92 Å². The Balaban J connectivity index is 5.19. The van der Waals surface area contributed by atoms with Crippen LogP contribution in [0.15, 0.2) is 10.2 Å². The van der Waals surface area contributed by atoms with Crippen LogP contribution in [0.25, 0.3) is 0 Å². The molecular formula is C9H23N3Sn. The Bertz CT molecular complexity index is 166. The summed E-state index contributed by atoms with van der Waals surface area (Å²) in [5.41, 5.74) is 0. The molecule has 0 bridgehead atoms. The number of hydrogen-bond donors (Lipinski definition) is 0. The van der Waals surface area contributed by atoms with Crippen molar-refractivity contribution >= 4 is 19.2 Å². The second kappa shape index (κ2) is 4.77. The summed E-state index contributed by atoms with van der Waals surface area (Å²) in [6.07, 6.45) is 0. The molecule has 0 atom stereocenters. The van der Waals surface area contributed by atoms with Crippen molar-refractivity contribution in [3.63, 3.8) is 0 Å². The number of rotatable bonds is 4. The van der Waals surface area contributed by atoms with Gasteiger partial charge in [-0.05, 0) is 0 Å². The summed E-state index contributed by atoms with van der Waals surface area (Å²) in [4.78, 5) is 0. The Hall–Kier alpha value is 0.419. The molecule has 0 aromatic heterocycles. The Labute approximate surface area is 87.9 Å². The van der Waals surface area contributed by atoms with Gasteiger partial charge in [0, 0.05) is 0 Å². The Kier molecular flexibility index (Phi) is 4.93. The molecule has 0 N–H and O–H groups in total. The second-order valence-corrected chi connectivity index (χ2v) is 17.8. The van der Waals surface area contributed by atoms with Gasteiger partial charge < -0.3 is 0 Å². The first-order valence-electron chi connectivity index (χ1n) is 4.46. The Morgan fingerprint density at radius 2 is 1.08 bits per heavy atom. The van der Waals surface area contributed by atoms with Crippen LogP contribution in [0.3, 0.4) is 0 Å². The molecule has 0 spiro atoms. The fraction of sp³-hybridized carbons (Fsp3) is 0.778. The van der Waals surface area contributed by atoms with E-state index in [1.165, 1.54) is 3.59 Å². The molecule has 13 heavy (non-hydrogen) atoms. The van der Waals surface area contributed by atoms with Crippen LogP contribution in [0.1, 0.15) is 6.92 Å². The van der Waals surface area contributed by atoms with Gasteiger partial charge in [-0.2, -0.15) is 0 Å². The van der Waals surface area contributed by atoms with Gasteiger partial charge in [0.15, 0.2) is 0 Å². The van der Waals surface area contributed by atoms with E-state index in [1.807, 2.05) is 0 Å². The van der Waals surface area contributed by atoms with Crippen LogP contribution in [0, 0.1) is 0 Å². The van der Waals surface area contributed by atoms with Crippen LogP contribution >= 0.6 is 0 Å². The predicted molar refractivity (Wildman–Crippen MR) is 61.6 cm³/mol. The molecule has 0 aliphatic carbocycles. The zero-order valence-corrected chi connectivity index (χ0v) is 12.9. The van der Waals surface area contributed by atoms with Crippen LogP contribution in [0.2, 0.25) is 0 Å². The van der Waals surface area contributed by atoms with Crippen molar-refractivity contribution < 1.29 is 0 Å². The summed E-state index contributed by atoms with van der Waals surface area (Å²) in [7, 11) is 12.9. The first-order valence-corrected chi connectivity index (χ1v) is 9.71. The van der Waals surface area contributed by atoms with E-state index in [9.17, 15) is 0 Å². The third kappa shape index (κ3) is 2.26. The summed E-state index contributed by atoms with van der Waals surface area (Å²) in [5, 5.41) is 0. The first-order chi connectivity index (χ1) is 5.77. The third-order valence-corrected chi connectivity index (χ3v) is 16.4. The molecule has 0 heterocycles. The van der Waals surface area contributed by atoms with Crippen LogP contribution < -0.4 is 0 Å². The molecule has 0 aromatic rings. The van der Waals surface area contributed by atoms with E-state index >= 15 is 0 Å². The van der Waals surface area contributed by atoms with E-state index in [0.717, 1.165) is 0 Å². The number of hydrogen-bond acceptors (Lipinski definition) is 3. The summed E-state index contributed by atoms with van der Waals surface area (Å²) < 4.78 is 8.44. The van der Waals surface area contributed by atoms with Gasteiger partial charge in [-0.1, -0.05) is 0 Å². The summed E-state index contributed by atoms with van der Waals surface area (Å²) in [5.74, 6) is 0. The van der Waals surface area contributed by atoms with Crippen molar-refractivity contribution in [3.05, 3.63) is 10.2 Å². The minimum atomic E-state index is -2.62. The van der Waals surface area contributed by atoms with Crippen LogP contribution in [0.4, 0.5) is 0 Å². The molecule has 0 unspecified atom stereocenters. The SMILES string of the molecule is C=[C](C)[Sn]([N](C)C)([N](C)C)[N](C)C. The van der Waals surface area contributed by atoms with Gasteiger partial charge in [-0.15, -0.1) is 0 Å². The monoisotopic (exact) mass is 293 g/mol. The van der Waals surface area contributed by atoms with Gasteiger partial charge >= 0.3 is 87.9 Å². The maximum absolute atomic E-state index is 4.16. The zero-order valence-electron chi connectivity index (χ0n) is 10.0. The molecular weight excluding hydrogens is 269 g/mol. The average molecular weight is 292 g/mol. The normalized spacial score (nSPS) is 13.1. The maximum atomic E-state index is 4.16. The molecule has 78 valence electrons. The standard InChI is InChI=1S/C3H5.3C2H6N.Sn/c4*1-3-2;/h1H2,2H3;3*1-2H3;/q;3*-1;+3. The molecule has 0 amide bonds. The summed E-state index contributed by atoms with van der Waals surface area (Å²) >= 11 is -2.62. The molecule has 3 nitrogen and oxygen atoms in total. The summed E-state index contributed by atoms with van der Waals surface area (Å²) in [6, 6.07) is 0.